The third-order valence-corrected chi connectivity index (χ3v) is 4.16. The number of ether oxygens (including phenoxy) is 2. The number of carbonyl (C=O) groups is 1. The second-order valence-electron chi connectivity index (χ2n) is 5.53. The van der Waals surface area contributed by atoms with Crippen LogP contribution in [0.2, 0.25) is 5.02 Å². The number of halogens is 1. The van der Waals surface area contributed by atoms with E-state index in [0.717, 1.165) is 17.5 Å². The summed E-state index contributed by atoms with van der Waals surface area (Å²) in [4.78, 5) is 12.4. The van der Waals surface area contributed by atoms with Crippen molar-refractivity contribution in [2.45, 2.75) is 12.5 Å². The summed E-state index contributed by atoms with van der Waals surface area (Å²) >= 11 is 6.09. The zero-order valence-corrected chi connectivity index (χ0v) is 13.8. The molecule has 126 valence electrons. The number of amides is 1. The van der Waals surface area contributed by atoms with Gasteiger partial charge in [-0.2, -0.15) is 0 Å². The molecule has 1 fully saturated rings. The van der Waals surface area contributed by atoms with Crippen LogP contribution in [-0.4, -0.2) is 37.1 Å². The molecule has 3 rings (SSSR count). The van der Waals surface area contributed by atoms with Gasteiger partial charge in [-0.05, 0) is 29.7 Å². The molecule has 0 aliphatic carbocycles. The fourth-order valence-corrected chi connectivity index (χ4v) is 2.75. The van der Waals surface area contributed by atoms with Gasteiger partial charge in [0.05, 0.1) is 23.3 Å². The maximum absolute atomic E-state index is 12.4. The van der Waals surface area contributed by atoms with Crippen molar-refractivity contribution in [2.75, 3.05) is 19.9 Å². The molecule has 1 aliphatic heterocycles. The van der Waals surface area contributed by atoms with E-state index >= 15 is 0 Å². The number of rotatable bonds is 4. The first kappa shape index (κ1) is 16.8. The summed E-state index contributed by atoms with van der Waals surface area (Å²) in [5.74, 6) is -0.607. The largest absolute Gasteiger partial charge is 0.506 e. The predicted molar refractivity (Wildman–Crippen MR) is 91.2 cm³/mol. The molecule has 5 nitrogen and oxygen atoms in total. The van der Waals surface area contributed by atoms with E-state index in [-0.39, 0.29) is 35.1 Å². The van der Waals surface area contributed by atoms with Gasteiger partial charge in [0, 0.05) is 6.54 Å². The van der Waals surface area contributed by atoms with Gasteiger partial charge >= 0.3 is 0 Å². The number of phenolic OH excluding ortho intramolecular Hbond substituents is 1. The van der Waals surface area contributed by atoms with Crippen LogP contribution in [0.3, 0.4) is 0 Å². The Balaban J connectivity index is 1.78. The van der Waals surface area contributed by atoms with Gasteiger partial charge in [0.25, 0.3) is 5.91 Å². The van der Waals surface area contributed by atoms with Crippen LogP contribution in [0.15, 0.2) is 42.5 Å². The number of nitrogens with one attached hydrogen (secondary N) is 1. The molecule has 1 saturated heterocycles. The van der Waals surface area contributed by atoms with Crippen LogP contribution >= 0.6 is 11.6 Å². The van der Waals surface area contributed by atoms with Crippen LogP contribution in [0.1, 0.15) is 16.8 Å². The number of benzene rings is 2. The van der Waals surface area contributed by atoms with Crippen molar-refractivity contribution in [1.82, 2.24) is 5.32 Å². The summed E-state index contributed by atoms with van der Waals surface area (Å²) < 4.78 is 10.5. The van der Waals surface area contributed by atoms with E-state index in [2.05, 4.69) is 5.32 Å². The second-order valence-corrected chi connectivity index (χ2v) is 5.94. The highest BCUT2D eigenvalue weighted by Gasteiger charge is 2.19. The average Bonchev–Trinajstić information content (AvgIpc) is 2.63. The van der Waals surface area contributed by atoms with Crippen molar-refractivity contribution in [3.63, 3.8) is 0 Å². The topological polar surface area (TPSA) is 67.8 Å². The van der Waals surface area contributed by atoms with Crippen LogP contribution in [-0.2, 0) is 9.47 Å². The minimum atomic E-state index is -0.387. The Morgan fingerprint density at radius 3 is 2.75 bits per heavy atom. The molecule has 0 bridgehead atoms. The summed E-state index contributed by atoms with van der Waals surface area (Å²) in [5.41, 5.74) is 1.83. The molecule has 1 aliphatic rings. The van der Waals surface area contributed by atoms with Crippen molar-refractivity contribution < 1.29 is 19.4 Å². The molecular weight excluding hydrogens is 330 g/mol. The van der Waals surface area contributed by atoms with Crippen molar-refractivity contribution in [3.8, 4) is 16.9 Å². The maximum atomic E-state index is 12.4. The third-order valence-electron chi connectivity index (χ3n) is 3.88. The van der Waals surface area contributed by atoms with Gasteiger partial charge < -0.3 is 19.9 Å². The maximum Gasteiger partial charge on any atom is 0.255 e. The van der Waals surface area contributed by atoms with Crippen LogP contribution in [0.5, 0.6) is 5.75 Å². The van der Waals surface area contributed by atoms with Gasteiger partial charge in [-0.3, -0.25) is 4.79 Å². The van der Waals surface area contributed by atoms with Gasteiger partial charge in [-0.25, -0.2) is 0 Å². The highest BCUT2D eigenvalue weighted by atomic mass is 35.5. The van der Waals surface area contributed by atoms with Crippen molar-refractivity contribution in [2.24, 2.45) is 0 Å². The van der Waals surface area contributed by atoms with Gasteiger partial charge in [0.2, 0.25) is 0 Å². The minimum Gasteiger partial charge on any atom is -0.506 e. The Morgan fingerprint density at radius 1 is 1.25 bits per heavy atom. The van der Waals surface area contributed by atoms with E-state index in [1.807, 2.05) is 30.3 Å². The predicted octanol–water partition coefficient (Wildman–Crippen LogP) is 3.21. The van der Waals surface area contributed by atoms with E-state index < -0.39 is 0 Å². The third kappa shape index (κ3) is 3.87. The molecule has 6 heteroatoms. The average molecular weight is 348 g/mol. The molecule has 1 heterocycles. The number of hydrogen-bond acceptors (Lipinski definition) is 4. The second kappa shape index (κ2) is 7.66. The van der Waals surface area contributed by atoms with Gasteiger partial charge in [-0.15, -0.1) is 0 Å². The molecule has 0 unspecified atom stereocenters. The highest BCUT2D eigenvalue weighted by Crippen LogP contribution is 2.33. The summed E-state index contributed by atoms with van der Waals surface area (Å²) in [6.07, 6.45) is 0.634. The zero-order chi connectivity index (χ0) is 16.9. The Bertz CT molecular complexity index is 714. The number of phenols is 1. The quantitative estimate of drug-likeness (QED) is 0.891. The molecule has 2 N–H and O–H groups in total. The van der Waals surface area contributed by atoms with Crippen molar-refractivity contribution >= 4 is 17.5 Å². The van der Waals surface area contributed by atoms with Crippen LogP contribution < -0.4 is 5.32 Å². The molecule has 1 atom stereocenters. The molecule has 0 radical (unpaired) electrons. The van der Waals surface area contributed by atoms with Crippen molar-refractivity contribution in [1.29, 1.82) is 0 Å². The Hall–Kier alpha value is -2.08. The first-order valence-corrected chi connectivity index (χ1v) is 8.08. The smallest absolute Gasteiger partial charge is 0.255 e. The van der Waals surface area contributed by atoms with E-state index in [4.69, 9.17) is 21.1 Å². The molecule has 0 spiro atoms. The molecule has 24 heavy (non-hydrogen) atoms. The molecule has 0 saturated carbocycles. The lowest BCUT2D eigenvalue weighted by molar-refractivity contribution is -0.136. The minimum absolute atomic E-state index is 0.0855. The first-order valence-electron chi connectivity index (χ1n) is 7.70. The van der Waals surface area contributed by atoms with Crippen LogP contribution in [0, 0.1) is 0 Å². The number of aromatic hydroxyl groups is 1. The van der Waals surface area contributed by atoms with Crippen LogP contribution in [0.4, 0.5) is 0 Å². The Morgan fingerprint density at radius 2 is 2.04 bits per heavy atom. The van der Waals surface area contributed by atoms with Crippen LogP contribution in [0.25, 0.3) is 11.1 Å². The highest BCUT2D eigenvalue weighted by molar-refractivity contribution is 6.33. The first-order chi connectivity index (χ1) is 11.6. The molecule has 2 aromatic rings. The molecular formula is C18H18ClNO4. The summed E-state index contributed by atoms with van der Waals surface area (Å²) in [5, 5.41) is 13.1. The van der Waals surface area contributed by atoms with E-state index in [9.17, 15) is 9.90 Å². The fraction of sp³-hybridized carbons (Fsp3) is 0.278. The van der Waals surface area contributed by atoms with Gasteiger partial charge in [-0.1, -0.05) is 41.9 Å². The molecule has 0 aromatic heterocycles. The Kier molecular flexibility index (Phi) is 5.35. The number of carbonyl (C=O) groups excluding carboxylic acids is 1. The fourth-order valence-electron chi connectivity index (χ4n) is 2.53. The molecule has 1 amide bonds. The summed E-state index contributed by atoms with van der Waals surface area (Å²) in [7, 11) is 0. The monoisotopic (exact) mass is 347 g/mol. The lowest BCUT2D eigenvalue weighted by Crippen LogP contribution is -2.37. The number of hydrogen-bond donors (Lipinski definition) is 2. The SMILES string of the molecule is O=C(NC[C@@H]1CCOCO1)c1cc(-c2ccccc2)cc(Cl)c1O. The van der Waals surface area contributed by atoms with Crippen molar-refractivity contribution in [3.05, 3.63) is 53.1 Å². The van der Waals surface area contributed by atoms with E-state index in [1.165, 1.54) is 0 Å². The lowest BCUT2D eigenvalue weighted by atomic mass is 10.0. The van der Waals surface area contributed by atoms with Gasteiger partial charge in [0.1, 0.15) is 12.5 Å². The summed E-state index contributed by atoms with van der Waals surface area (Å²) in [6, 6.07) is 12.8. The summed E-state index contributed by atoms with van der Waals surface area (Å²) in [6.45, 7) is 1.21. The van der Waals surface area contributed by atoms with E-state index in [0.29, 0.717) is 13.2 Å². The lowest BCUT2D eigenvalue weighted by Gasteiger charge is -2.23. The molecule has 2 aromatic carbocycles. The normalized spacial score (nSPS) is 17.5. The Labute approximate surface area is 145 Å². The zero-order valence-electron chi connectivity index (χ0n) is 13.0. The van der Waals surface area contributed by atoms with Gasteiger partial charge in [0.15, 0.2) is 0 Å². The standard InChI is InChI=1S/C18H18ClNO4/c19-16-9-13(12-4-2-1-3-5-12)8-15(17(16)21)18(22)20-10-14-6-7-23-11-24-14/h1-5,8-9,14,21H,6-7,10-11H2,(H,20,22)/t14-/m0/s1. The van der Waals surface area contributed by atoms with E-state index in [1.54, 1.807) is 12.1 Å².